The molecule has 0 amide bonds. The van der Waals surface area contributed by atoms with E-state index in [1.165, 1.54) is 12.1 Å². The van der Waals surface area contributed by atoms with E-state index in [0.29, 0.717) is 18.2 Å². The molecule has 0 spiro atoms. The highest BCUT2D eigenvalue weighted by Crippen LogP contribution is 2.23. The minimum Gasteiger partial charge on any atom is -0.508 e. The molecule has 1 aliphatic heterocycles. The van der Waals surface area contributed by atoms with Crippen LogP contribution in [0.5, 0.6) is 5.75 Å². The fourth-order valence-corrected chi connectivity index (χ4v) is 2.70. The summed E-state index contributed by atoms with van der Waals surface area (Å²) in [7, 11) is 0. The molecule has 1 fully saturated rings. The average Bonchev–Trinajstić information content (AvgIpc) is 2.40. The Kier molecular flexibility index (Phi) is 3.46. The molecule has 0 unspecified atom stereocenters. The Morgan fingerprint density at radius 1 is 1.30 bits per heavy atom. The van der Waals surface area contributed by atoms with Crippen LogP contribution in [0.3, 0.4) is 0 Å². The Balaban J connectivity index is 1.92. The molecule has 0 radical (unpaired) electrons. The topological polar surface area (TPSA) is 79.7 Å². The van der Waals surface area contributed by atoms with Crippen molar-refractivity contribution in [3.63, 3.8) is 0 Å². The minimum atomic E-state index is -0.383. The number of benzene rings is 1. The molecule has 2 aromatic rings. The second kappa shape index (κ2) is 5.26. The van der Waals surface area contributed by atoms with Gasteiger partial charge >= 0.3 is 5.63 Å². The van der Waals surface area contributed by atoms with Gasteiger partial charge in [0.15, 0.2) is 0 Å². The van der Waals surface area contributed by atoms with E-state index in [1.807, 2.05) is 0 Å². The van der Waals surface area contributed by atoms with E-state index in [2.05, 4.69) is 4.90 Å². The molecule has 0 saturated carbocycles. The summed E-state index contributed by atoms with van der Waals surface area (Å²) in [6.07, 6.45) is 1.97. The highest BCUT2D eigenvalue weighted by molar-refractivity contribution is 5.81. The van der Waals surface area contributed by atoms with Crippen LogP contribution in [-0.4, -0.2) is 29.1 Å². The van der Waals surface area contributed by atoms with E-state index >= 15 is 0 Å². The molecule has 1 saturated heterocycles. The molecule has 1 aliphatic rings. The lowest BCUT2D eigenvalue weighted by atomic mass is 10.0. The SMILES string of the molecule is NC1CCN(Cc2cc(=O)oc3cc(O)ccc23)CC1. The molecule has 20 heavy (non-hydrogen) atoms. The van der Waals surface area contributed by atoms with Gasteiger partial charge in [-0.15, -0.1) is 0 Å². The van der Waals surface area contributed by atoms with Crippen LogP contribution in [0.1, 0.15) is 18.4 Å². The summed E-state index contributed by atoms with van der Waals surface area (Å²) < 4.78 is 5.14. The number of rotatable bonds is 2. The first-order chi connectivity index (χ1) is 9.61. The Hall–Kier alpha value is -1.85. The summed E-state index contributed by atoms with van der Waals surface area (Å²) in [6, 6.07) is 6.71. The summed E-state index contributed by atoms with van der Waals surface area (Å²) in [4.78, 5) is 13.9. The van der Waals surface area contributed by atoms with E-state index in [1.54, 1.807) is 12.1 Å². The zero-order valence-corrected chi connectivity index (χ0v) is 11.2. The van der Waals surface area contributed by atoms with Crippen molar-refractivity contribution in [3.8, 4) is 5.75 Å². The van der Waals surface area contributed by atoms with E-state index in [9.17, 15) is 9.90 Å². The van der Waals surface area contributed by atoms with Crippen LogP contribution in [0.2, 0.25) is 0 Å². The number of phenols is 1. The quantitative estimate of drug-likeness (QED) is 0.810. The summed E-state index contributed by atoms with van der Waals surface area (Å²) in [5.74, 6) is 0.0988. The first-order valence-corrected chi connectivity index (χ1v) is 6.85. The third-order valence-electron chi connectivity index (χ3n) is 3.84. The van der Waals surface area contributed by atoms with Gasteiger partial charge < -0.3 is 15.3 Å². The van der Waals surface area contributed by atoms with Crippen molar-refractivity contribution in [2.24, 2.45) is 5.73 Å². The molecule has 0 bridgehead atoms. The first-order valence-electron chi connectivity index (χ1n) is 6.85. The summed E-state index contributed by atoms with van der Waals surface area (Å²) in [5.41, 5.74) is 6.89. The van der Waals surface area contributed by atoms with Gasteiger partial charge in [0.05, 0.1) is 0 Å². The van der Waals surface area contributed by atoms with Gasteiger partial charge in [-0.1, -0.05) is 0 Å². The predicted octanol–water partition coefficient (Wildman–Crippen LogP) is 1.42. The molecule has 5 nitrogen and oxygen atoms in total. The summed E-state index contributed by atoms with van der Waals surface area (Å²) in [6.45, 7) is 2.60. The number of piperidine rings is 1. The number of nitrogens with two attached hydrogens (primary N) is 1. The van der Waals surface area contributed by atoms with Crippen molar-refractivity contribution >= 4 is 11.0 Å². The third-order valence-corrected chi connectivity index (χ3v) is 3.84. The zero-order chi connectivity index (χ0) is 14.1. The van der Waals surface area contributed by atoms with Crippen LogP contribution >= 0.6 is 0 Å². The second-order valence-corrected chi connectivity index (χ2v) is 5.38. The van der Waals surface area contributed by atoms with Gasteiger partial charge in [-0.05, 0) is 43.6 Å². The molecule has 1 aromatic carbocycles. The number of likely N-dealkylation sites (tertiary alicyclic amines) is 1. The molecule has 5 heteroatoms. The van der Waals surface area contributed by atoms with Crippen LogP contribution in [-0.2, 0) is 6.54 Å². The molecular weight excluding hydrogens is 256 g/mol. The zero-order valence-electron chi connectivity index (χ0n) is 11.2. The smallest absolute Gasteiger partial charge is 0.336 e. The molecule has 0 aliphatic carbocycles. The third kappa shape index (κ3) is 2.69. The minimum absolute atomic E-state index is 0.0988. The van der Waals surface area contributed by atoms with Crippen LogP contribution in [0.25, 0.3) is 11.0 Å². The van der Waals surface area contributed by atoms with E-state index in [4.69, 9.17) is 10.2 Å². The number of phenolic OH excluding ortho intramolecular Hbond substituents is 1. The number of hydrogen-bond donors (Lipinski definition) is 2. The lowest BCUT2D eigenvalue weighted by molar-refractivity contribution is 0.206. The Labute approximate surface area is 116 Å². The van der Waals surface area contributed by atoms with Gasteiger partial charge in [0.2, 0.25) is 0 Å². The summed E-state index contributed by atoms with van der Waals surface area (Å²) >= 11 is 0. The van der Waals surface area contributed by atoms with Crippen LogP contribution in [0.15, 0.2) is 33.5 Å². The maximum Gasteiger partial charge on any atom is 0.336 e. The monoisotopic (exact) mass is 274 g/mol. The second-order valence-electron chi connectivity index (χ2n) is 5.38. The molecule has 3 rings (SSSR count). The van der Waals surface area contributed by atoms with E-state index < -0.39 is 0 Å². The molecular formula is C15H18N2O3. The maximum absolute atomic E-state index is 11.6. The fraction of sp³-hybridized carbons (Fsp3) is 0.400. The van der Waals surface area contributed by atoms with Gasteiger partial charge in [0.1, 0.15) is 11.3 Å². The number of fused-ring (bicyclic) bond motifs is 1. The van der Waals surface area contributed by atoms with Crippen molar-refractivity contribution in [3.05, 3.63) is 40.2 Å². The normalized spacial score (nSPS) is 17.6. The van der Waals surface area contributed by atoms with Crippen LogP contribution in [0.4, 0.5) is 0 Å². The molecule has 106 valence electrons. The van der Waals surface area contributed by atoms with Crippen molar-refractivity contribution < 1.29 is 9.52 Å². The van der Waals surface area contributed by atoms with Gasteiger partial charge in [0, 0.05) is 30.1 Å². The number of aromatic hydroxyl groups is 1. The Morgan fingerprint density at radius 3 is 2.80 bits per heavy atom. The van der Waals surface area contributed by atoms with E-state index in [0.717, 1.165) is 36.9 Å². The van der Waals surface area contributed by atoms with Gasteiger partial charge in [-0.2, -0.15) is 0 Å². The highest BCUT2D eigenvalue weighted by Gasteiger charge is 2.17. The van der Waals surface area contributed by atoms with Crippen molar-refractivity contribution in [2.45, 2.75) is 25.4 Å². The lowest BCUT2D eigenvalue weighted by Gasteiger charge is -2.30. The largest absolute Gasteiger partial charge is 0.508 e. The first kappa shape index (κ1) is 13.1. The predicted molar refractivity (Wildman–Crippen MR) is 76.6 cm³/mol. The standard InChI is InChI=1S/C15H18N2O3/c16-11-3-5-17(6-4-11)9-10-7-15(19)20-14-8-12(18)1-2-13(10)14/h1-2,7-8,11,18H,3-6,9,16H2. The van der Waals surface area contributed by atoms with E-state index in [-0.39, 0.29) is 11.4 Å². The molecule has 3 N–H and O–H groups in total. The fourth-order valence-electron chi connectivity index (χ4n) is 2.70. The Bertz CT molecular complexity index is 672. The number of nitrogens with zero attached hydrogens (tertiary/aromatic N) is 1. The van der Waals surface area contributed by atoms with Crippen molar-refractivity contribution in [1.82, 2.24) is 4.90 Å². The number of hydrogen-bond acceptors (Lipinski definition) is 5. The lowest BCUT2D eigenvalue weighted by Crippen LogP contribution is -2.39. The highest BCUT2D eigenvalue weighted by atomic mass is 16.4. The van der Waals surface area contributed by atoms with Gasteiger partial charge in [-0.3, -0.25) is 4.90 Å². The maximum atomic E-state index is 11.6. The molecule has 0 atom stereocenters. The summed E-state index contributed by atoms with van der Waals surface area (Å²) in [5, 5.41) is 10.3. The van der Waals surface area contributed by atoms with Gasteiger partial charge in [-0.25, -0.2) is 4.79 Å². The van der Waals surface area contributed by atoms with Crippen molar-refractivity contribution in [2.75, 3.05) is 13.1 Å². The van der Waals surface area contributed by atoms with Crippen LogP contribution in [0, 0.1) is 0 Å². The Morgan fingerprint density at radius 2 is 2.05 bits per heavy atom. The molecule has 1 aromatic heterocycles. The van der Waals surface area contributed by atoms with Crippen molar-refractivity contribution in [1.29, 1.82) is 0 Å². The van der Waals surface area contributed by atoms with Gasteiger partial charge in [0.25, 0.3) is 0 Å². The molecule has 2 heterocycles. The van der Waals surface area contributed by atoms with Crippen LogP contribution < -0.4 is 11.4 Å². The average molecular weight is 274 g/mol.